The second-order valence-electron chi connectivity index (χ2n) is 17.2. The van der Waals surface area contributed by atoms with Gasteiger partial charge in [0.05, 0.1) is 64.9 Å². The third-order valence-corrected chi connectivity index (χ3v) is 20.5. The van der Waals surface area contributed by atoms with Crippen LogP contribution in [0.2, 0.25) is 0 Å². The van der Waals surface area contributed by atoms with Crippen molar-refractivity contribution < 1.29 is 110 Å². The van der Waals surface area contributed by atoms with Gasteiger partial charge < -0.3 is 59.4 Å². The van der Waals surface area contributed by atoms with Crippen molar-refractivity contribution in [1.29, 1.82) is 10.5 Å². The first-order valence-corrected chi connectivity index (χ1v) is 34.3. The van der Waals surface area contributed by atoms with Crippen molar-refractivity contribution in [3.8, 4) is 12.1 Å². The number of pyridine rings is 2. The van der Waals surface area contributed by atoms with Crippen LogP contribution in [0.15, 0.2) is 302 Å². The Morgan fingerprint density at radius 2 is 0.505 bits per heavy atom. The van der Waals surface area contributed by atoms with Crippen molar-refractivity contribution in [1.82, 2.24) is 9.97 Å². The first-order chi connectivity index (χ1) is 46.5. The van der Waals surface area contributed by atoms with Gasteiger partial charge in [0.2, 0.25) is 0 Å². The van der Waals surface area contributed by atoms with Gasteiger partial charge in [-0.1, -0.05) is 288 Å². The van der Waals surface area contributed by atoms with Crippen LogP contribution in [0, 0.1) is 22.7 Å². The van der Waals surface area contributed by atoms with Gasteiger partial charge in [0.1, 0.15) is 0 Å². The van der Waals surface area contributed by atoms with Gasteiger partial charge in [-0.05, 0) is 113 Å². The third kappa shape index (κ3) is 41.0. The molecule has 6 aromatic carbocycles. The Morgan fingerprint density at radius 1 is 0.313 bits per heavy atom. The molecule has 509 valence electrons. The number of aromatic nitrogens is 2. The first-order valence-electron chi connectivity index (χ1n) is 27.4. The summed E-state index contributed by atoms with van der Waals surface area (Å²) in [4.78, 5) is 71.2. The van der Waals surface area contributed by atoms with Crippen LogP contribution in [-0.4, -0.2) is 45.8 Å². The zero-order valence-electron chi connectivity index (χ0n) is 51.7. The van der Waals surface area contributed by atoms with Crippen LogP contribution >= 0.6 is 94.1 Å². The molecule has 12 rings (SSSR count). The van der Waals surface area contributed by atoms with Gasteiger partial charge in [-0.3, -0.25) is 9.97 Å². The van der Waals surface area contributed by atoms with Crippen LogP contribution in [0.1, 0.15) is 87.1 Å². The van der Waals surface area contributed by atoms with Crippen LogP contribution in [0.25, 0.3) is 12.2 Å². The third-order valence-electron chi connectivity index (χ3n) is 10.5. The van der Waals surface area contributed by atoms with E-state index in [1.165, 1.54) is 125 Å². The normalized spacial score (nSPS) is 11.9. The zero-order valence-corrected chi connectivity index (χ0v) is 61.3. The molecule has 2 aromatic heterocycles. The van der Waals surface area contributed by atoms with Gasteiger partial charge in [-0.15, -0.1) is 0 Å². The van der Waals surface area contributed by atoms with E-state index in [1.54, 1.807) is 121 Å². The molecule has 99 heavy (non-hydrogen) atoms. The molecule has 27 heteroatoms. The van der Waals surface area contributed by atoms with E-state index in [0.717, 1.165) is 0 Å². The summed E-state index contributed by atoms with van der Waals surface area (Å²) in [5, 5.41) is 88.2. The number of nitrogens with zero attached hydrogens (tertiary/aromatic N) is 4. The molecule has 0 atom stereocenters. The number of hydrogen-bond donors (Lipinski definition) is 0. The number of carboxylic acid groups (broad SMARTS) is 6. The summed E-state index contributed by atoms with van der Waals surface area (Å²) in [6.45, 7) is 2.86. The molecule has 4 aliphatic rings. The molecule has 6 heterocycles. The molecule has 16 nitrogen and oxygen atoms in total. The molecule has 8 aromatic rings. The number of hydrogen-bond acceptors (Lipinski definition) is 24. The predicted octanol–water partition coefficient (Wildman–Crippen LogP) is 12.3. The second-order valence-corrected chi connectivity index (χ2v) is 25.9. The number of rotatable bonds is 10. The fraction of sp³-hybridized carbons (Fsp3) is 0.0278. The van der Waals surface area contributed by atoms with Crippen LogP contribution in [0.4, 0.5) is 0 Å². The van der Waals surface area contributed by atoms with E-state index in [9.17, 15) is 59.4 Å². The molecule has 0 unspecified atom stereocenters. The Labute approximate surface area is 639 Å². The number of carboxylic acids is 6. The summed E-state index contributed by atoms with van der Waals surface area (Å²) in [7, 11) is 0. The molecule has 0 saturated carbocycles. The van der Waals surface area contributed by atoms with Crippen molar-refractivity contribution in [2.24, 2.45) is 0 Å². The number of carbonyl (C=O) groups is 6. The number of thioether (sulfide) groups is 8. The predicted molar refractivity (Wildman–Crippen MR) is 383 cm³/mol. The molecule has 3 radical (unpaired) electrons. The Morgan fingerprint density at radius 3 is 0.677 bits per heavy atom. The van der Waals surface area contributed by atoms with Gasteiger partial charge in [0.15, 0.2) is 0 Å². The number of carbonyl (C=O) groups excluding carboxylic acids is 6. The maximum atomic E-state index is 10.1. The molecule has 0 saturated heterocycles. The minimum Gasteiger partial charge on any atom is -0.545 e. The topological polar surface area (TPSA) is 314 Å². The minimum absolute atomic E-state index is 0. The number of nitriles is 2. The summed E-state index contributed by atoms with van der Waals surface area (Å²) < 4.78 is 5.58. The van der Waals surface area contributed by atoms with Gasteiger partial charge >= 0.3 is 50.3 Å². The van der Waals surface area contributed by atoms with E-state index >= 15 is 0 Å². The zero-order chi connectivity index (χ0) is 70.0. The Hall–Kier alpha value is -8.34. The monoisotopic (exact) mass is 1600 g/mol. The van der Waals surface area contributed by atoms with Crippen molar-refractivity contribution in [2.75, 3.05) is 0 Å². The SMILES string of the molecule is C1=CSC(=C2SC=C(/C=C/c3ccncc3)S2)S1.C1=CSC(=C2SC=C(/C=C/c3ccncc3)S2)S1.CC#N.CC#N.O=C([O-])c1ccccc1.O=C([O-])c1ccccc1.O=C([O-])c1ccccc1.O=C([O-])c1ccccc1.O=C([O-])c1ccccc1.O=C([O-])c1ccccc1.[Co+2].[Co+2].[Co+2]. The van der Waals surface area contributed by atoms with Crippen molar-refractivity contribution in [2.45, 2.75) is 13.8 Å². The molecule has 0 fully saturated rings. The molecular formula is C72H54Co3N4O12S8. The molecule has 0 aliphatic carbocycles. The van der Waals surface area contributed by atoms with Crippen molar-refractivity contribution in [3.05, 3.63) is 347 Å². The molecule has 0 spiro atoms. The van der Waals surface area contributed by atoms with Crippen LogP contribution < -0.4 is 30.6 Å². The smallest absolute Gasteiger partial charge is 0.545 e. The Bertz CT molecular complexity index is 3540. The van der Waals surface area contributed by atoms with E-state index in [4.69, 9.17) is 10.5 Å². The fourth-order valence-electron chi connectivity index (χ4n) is 6.22. The quantitative estimate of drug-likeness (QED) is 0.123. The molecule has 0 N–H and O–H groups in total. The maximum absolute atomic E-state index is 10.1. The van der Waals surface area contributed by atoms with Crippen LogP contribution in [-0.2, 0) is 50.3 Å². The molecule has 4 aliphatic heterocycles. The maximum Gasteiger partial charge on any atom is 2.00 e. The van der Waals surface area contributed by atoms with Crippen molar-refractivity contribution in [3.63, 3.8) is 0 Å². The summed E-state index contributed by atoms with van der Waals surface area (Å²) in [5.41, 5.74) is 3.69. The average molecular weight is 1600 g/mol. The van der Waals surface area contributed by atoms with Crippen LogP contribution in [0.3, 0.4) is 0 Å². The standard InChI is InChI=1S/2C13H9NS4.6C7H6O2.2C2H3N.3Co/c2*1(10-3-5-14-6-4-10)2-11-9-17-13(18-11)12-15-7-8-16-12;6*8-7(9)6-4-2-1-3-5-6;2*1-2-3;;;/h2*1-9H;6*1-5H,(H,8,9);2*1H3;;;/q;;;;;;;;;;3*+2/p-6/b2*2-1+;;;;;;;;;;;. The van der Waals surface area contributed by atoms with Gasteiger partial charge in [0, 0.05) is 48.4 Å². The summed E-state index contributed by atoms with van der Waals surface area (Å²) in [6.07, 6.45) is 15.8. The van der Waals surface area contributed by atoms with Crippen molar-refractivity contribution >= 4 is 142 Å². The summed E-state index contributed by atoms with van der Waals surface area (Å²) in [6, 6.07) is 59.9. The summed E-state index contributed by atoms with van der Waals surface area (Å²) >= 11 is 14.6. The summed E-state index contributed by atoms with van der Waals surface area (Å²) in [5.74, 6) is -6.77. The van der Waals surface area contributed by atoms with Gasteiger partial charge in [0.25, 0.3) is 0 Å². The van der Waals surface area contributed by atoms with E-state index in [2.05, 4.69) is 66.7 Å². The van der Waals surface area contributed by atoms with E-state index < -0.39 is 35.8 Å². The van der Waals surface area contributed by atoms with Crippen LogP contribution in [0.5, 0.6) is 0 Å². The van der Waals surface area contributed by atoms with Gasteiger partial charge in [-0.25, -0.2) is 0 Å². The largest absolute Gasteiger partial charge is 2.00 e. The molecular weight excluding hydrogens is 1550 g/mol. The average Bonchev–Trinajstić information content (AvgIpc) is 1.74. The fourth-order valence-corrected chi connectivity index (χ4v) is 14.9. The molecule has 0 amide bonds. The van der Waals surface area contributed by atoms with Gasteiger partial charge in [-0.2, -0.15) is 10.5 Å². The number of aromatic carboxylic acids is 6. The Balaban J connectivity index is 0.00000111. The number of benzene rings is 6. The second kappa shape index (κ2) is 56.5. The minimum atomic E-state index is -1.13. The number of allylic oxidation sites excluding steroid dienone is 2. The molecule has 0 bridgehead atoms. The Kier molecular flexibility index (Phi) is 51.8. The van der Waals surface area contributed by atoms with E-state index in [-0.39, 0.29) is 83.7 Å². The van der Waals surface area contributed by atoms with E-state index in [0.29, 0.717) is 0 Å². The first kappa shape index (κ1) is 90.7. The van der Waals surface area contributed by atoms with E-state index in [1.807, 2.05) is 143 Å².